The summed E-state index contributed by atoms with van der Waals surface area (Å²) in [6.07, 6.45) is 3.48. The first kappa shape index (κ1) is 16.5. The minimum atomic E-state index is 0.188. The molecule has 2 rings (SSSR count). The number of rotatable bonds is 8. The summed E-state index contributed by atoms with van der Waals surface area (Å²) in [4.78, 5) is 0. The van der Waals surface area contributed by atoms with Crippen LogP contribution in [0.1, 0.15) is 50.8 Å². The summed E-state index contributed by atoms with van der Waals surface area (Å²) in [5, 5.41) is 3.59. The topological polar surface area (TPSA) is 30.5 Å². The first-order valence-corrected chi connectivity index (χ1v) is 8.34. The van der Waals surface area contributed by atoms with E-state index in [1.807, 2.05) is 0 Å². The molecule has 1 aromatic carbocycles. The molecule has 0 amide bonds. The predicted molar refractivity (Wildman–Crippen MR) is 86.6 cm³/mol. The largest absolute Gasteiger partial charge is 0.377 e. The van der Waals surface area contributed by atoms with E-state index in [4.69, 9.17) is 9.47 Å². The van der Waals surface area contributed by atoms with Crippen LogP contribution in [0, 0.1) is 0 Å². The number of nitrogens with one attached hydrogen (secondary N) is 1. The highest BCUT2D eigenvalue weighted by Crippen LogP contribution is 2.31. The maximum atomic E-state index is 6.06. The fourth-order valence-corrected chi connectivity index (χ4v) is 3.26. The summed E-state index contributed by atoms with van der Waals surface area (Å²) in [7, 11) is 0. The van der Waals surface area contributed by atoms with E-state index < -0.39 is 0 Å². The molecule has 21 heavy (non-hydrogen) atoms. The van der Waals surface area contributed by atoms with E-state index in [1.54, 1.807) is 0 Å². The molecule has 3 atom stereocenters. The van der Waals surface area contributed by atoms with Crippen molar-refractivity contribution in [3.8, 4) is 0 Å². The highest BCUT2D eigenvalue weighted by molar-refractivity contribution is 5.31. The first-order chi connectivity index (χ1) is 10.3. The zero-order valence-electron chi connectivity index (χ0n) is 13.6. The van der Waals surface area contributed by atoms with Crippen molar-refractivity contribution >= 4 is 0 Å². The van der Waals surface area contributed by atoms with Gasteiger partial charge in [0.1, 0.15) is 0 Å². The molecule has 0 saturated carbocycles. The smallest absolute Gasteiger partial charge is 0.0843 e. The third kappa shape index (κ3) is 4.29. The Bertz CT molecular complexity index is 421. The van der Waals surface area contributed by atoms with E-state index in [9.17, 15) is 0 Å². The number of benzene rings is 1. The highest BCUT2D eigenvalue weighted by Gasteiger charge is 2.27. The van der Waals surface area contributed by atoms with Gasteiger partial charge in [-0.1, -0.05) is 38.1 Å². The van der Waals surface area contributed by atoms with Crippen molar-refractivity contribution in [2.24, 2.45) is 0 Å². The van der Waals surface area contributed by atoms with Crippen LogP contribution in [0.2, 0.25) is 0 Å². The van der Waals surface area contributed by atoms with Crippen LogP contribution >= 0.6 is 0 Å². The van der Waals surface area contributed by atoms with E-state index in [1.165, 1.54) is 11.1 Å². The lowest BCUT2D eigenvalue weighted by Crippen LogP contribution is -2.43. The summed E-state index contributed by atoms with van der Waals surface area (Å²) in [6.45, 7) is 8.97. The minimum Gasteiger partial charge on any atom is -0.377 e. The summed E-state index contributed by atoms with van der Waals surface area (Å²) in [5.41, 5.74) is 2.80. The zero-order chi connectivity index (χ0) is 15.1. The molecule has 0 bridgehead atoms. The molecule has 118 valence electrons. The van der Waals surface area contributed by atoms with E-state index >= 15 is 0 Å². The van der Waals surface area contributed by atoms with Crippen molar-refractivity contribution < 1.29 is 9.47 Å². The number of fused-ring (bicyclic) bond motifs is 1. The van der Waals surface area contributed by atoms with Gasteiger partial charge in [0.25, 0.3) is 0 Å². The fourth-order valence-electron chi connectivity index (χ4n) is 3.26. The Morgan fingerprint density at radius 2 is 2.10 bits per heavy atom. The van der Waals surface area contributed by atoms with Gasteiger partial charge >= 0.3 is 0 Å². The van der Waals surface area contributed by atoms with Crippen molar-refractivity contribution in [2.75, 3.05) is 19.8 Å². The molecule has 1 heterocycles. The molecule has 0 aromatic heterocycles. The van der Waals surface area contributed by atoms with Gasteiger partial charge in [0.2, 0.25) is 0 Å². The van der Waals surface area contributed by atoms with Gasteiger partial charge in [-0.25, -0.2) is 0 Å². The lowest BCUT2D eigenvalue weighted by Gasteiger charge is -2.33. The highest BCUT2D eigenvalue weighted by atomic mass is 16.5. The lowest BCUT2D eigenvalue weighted by molar-refractivity contribution is -0.0106. The van der Waals surface area contributed by atoms with E-state index in [2.05, 4.69) is 50.4 Å². The molecule has 1 aliphatic heterocycles. The van der Waals surface area contributed by atoms with Gasteiger partial charge in [0.05, 0.1) is 18.8 Å². The molecule has 0 spiro atoms. The molecule has 3 heteroatoms. The fraction of sp³-hybridized carbons (Fsp3) is 0.667. The van der Waals surface area contributed by atoms with E-state index in [-0.39, 0.29) is 12.2 Å². The van der Waals surface area contributed by atoms with Crippen LogP contribution in [0.25, 0.3) is 0 Å². The third-order valence-corrected chi connectivity index (χ3v) is 4.26. The Hall–Kier alpha value is -0.900. The van der Waals surface area contributed by atoms with Crippen molar-refractivity contribution in [3.63, 3.8) is 0 Å². The summed E-state index contributed by atoms with van der Waals surface area (Å²) < 4.78 is 12.0. The lowest BCUT2D eigenvalue weighted by atomic mass is 9.91. The minimum absolute atomic E-state index is 0.188. The van der Waals surface area contributed by atoms with Gasteiger partial charge in [-0.3, -0.25) is 0 Å². The monoisotopic (exact) mass is 291 g/mol. The van der Waals surface area contributed by atoms with Crippen LogP contribution in [0.5, 0.6) is 0 Å². The summed E-state index contributed by atoms with van der Waals surface area (Å²) in [5.74, 6) is 0. The summed E-state index contributed by atoms with van der Waals surface area (Å²) in [6, 6.07) is 9.02. The molecule has 0 aliphatic carbocycles. The van der Waals surface area contributed by atoms with Crippen LogP contribution in [-0.2, 0) is 15.9 Å². The van der Waals surface area contributed by atoms with Gasteiger partial charge in [0.15, 0.2) is 0 Å². The van der Waals surface area contributed by atoms with Crippen molar-refractivity contribution in [1.29, 1.82) is 0 Å². The van der Waals surface area contributed by atoms with Crippen LogP contribution in [0.4, 0.5) is 0 Å². The number of hydrogen-bond acceptors (Lipinski definition) is 3. The Balaban J connectivity index is 2.10. The zero-order valence-corrected chi connectivity index (χ0v) is 13.6. The second kappa shape index (κ2) is 8.52. The second-order valence-electron chi connectivity index (χ2n) is 5.61. The van der Waals surface area contributed by atoms with Gasteiger partial charge in [-0.05, 0) is 43.9 Å². The molecule has 0 radical (unpaired) electrons. The maximum Gasteiger partial charge on any atom is 0.0843 e. The van der Waals surface area contributed by atoms with Crippen LogP contribution in [-0.4, -0.2) is 31.9 Å². The molecule has 0 saturated heterocycles. The second-order valence-corrected chi connectivity index (χ2v) is 5.61. The Morgan fingerprint density at radius 1 is 1.29 bits per heavy atom. The van der Waals surface area contributed by atoms with Crippen molar-refractivity contribution in [3.05, 3.63) is 35.4 Å². The molecule has 3 nitrogen and oxygen atoms in total. The van der Waals surface area contributed by atoms with Crippen molar-refractivity contribution in [1.82, 2.24) is 5.32 Å². The van der Waals surface area contributed by atoms with Crippen LogP contribution in [0.3, 0.4) is 0 Å². The average Bonchev–Trinajstić information content (AvgIpc) is 2.52. The predicted octanol–water partition coefficient (Wildman–Crippen LogP) is 3.48. The maximum absolute atomic E-state index is 6.06. The first-order valence-electron chi connectivity index (χ1n) is 8.34. The van der Waals surface area contributed by atoms with Crippen LogP contribution < -0.4 is 5.32 Å². The summed E-state index contributed by atoms with van der Waals surface area (Å²) >= 11 is 0. The van der Waals surface area contributed by atoms with Gasteiger partial charge < -0.3 is 14.8 Å². The third-order valence-electron chi connectivity index (χ3n) is 4.26. The van der Waals surface area contributed by atoms with Gasteiger partial charge in [0, 0.05) is 12.6 Å². The number of likely N-dealkylation sites (N-methyl/N-ethyl adjacent to an activating group) is 1. The van der Waals surface area contributed by atoms with Gasteiger partial charge in [-0.2, -0.15) is 0 Å². The van der Waals surface area contributed by atoms with Gasteiger partial charge in [-0.15, -0.1) is 0 Å². The standard InChI is InChI=1S/C18H29NO2/c1-4-17(20-6-3)16(19-5-2)13-18-15-10-8-7-9-14(15)11-12-21-18/h7-10,16-19H,4-6,11-13H2,1-3H3. The molecule has 1 aromatic rings. The normalized spacial score (nSPS) is 20.8. The quantitative estimate of drug-likeness (QED) is 0.795. The van der Waals surface area contributed by atoms with Crippen LogP contribution in [0.15, 0.2) is 24.3 Å². The van der Waals surface area contributed by atoms with E-state index in [0.717, 1.165) is 39.0 Å². The Labute approximate surface area is 129 Å². The molecule has 1 N–H and O–H groups in total. The SMILES string of the molecule is CCNC(CC1OCCc2ccccc21)C(CC)OCC. The molecule has 0 fully saturated rings. The Kier molecular flexibility index (Phi) is 6.68. The number of ether oxygens (including phenoxy) is 2. The van der Waals surface area contributed by atoms with Crippen molar-refractivity contribution in [2.45, 2.75) is 58.3 Å². The Morgan fingerprint density at radius 3 is 2.81 bits per heavy atom. The number of hydrogen-bond donors (Lipinski definition) is 1. The molecular formula is C18H29NO2. The average molecular weight is 291 g/mol. The molecular weight excluding hydrogens is 262 g/mol. The molecule has 3 unspecified atom stereocenters. The molecule has 1 aliphatic rings. The van der Waals surface area contributed by atoms with E-state index in [0.29, 0.717) is 6.04 Å².